The average Bonchev–Trinajstić information content (AvgIpc) is 2.38. The Kier molecular flexibility index (Phi) is 3.93. The van der Waals surface area contributed by atoms with Crippen molar-refractivity contribution in [1.82, 2.24) is 9.97 Å². The van der Waals surface area contributed by atoms with E-state index in [4.69, 9.17) is 23.1 Å². The van der Waals surface area contributed by atoms with Crippen molar-refractivity contribution in [3.8, 4) is 0 Å². The fraction of sp³-hybridized carbons (Fsp3) is 0. The second-order valence-corrected chi connectivity index (χ2v) is 5.83. The van der Waals surface area contributed by atoms with Gasteiger partial charge in [0.1, 0.15) is 10.7 Å². The van der Waals surface area contributed by atoms with Gasteiger partial charge in [0.25, 0.3) is 0 Å². The number of rotatable bonds is 4. The first kappa shape index (κ1) is 14.3. The lowest BCUT2D eigenvalue weighted by Gasteiger charge is -2.07. The van der Waals surface area contributed by atoms with Gasteiger partial charge in [0.15, 0.2) is 0 Å². The van der Waals surface area contributed by atoms with Gasteiger partial charge >= 0.3 is 0 Å². The summed E-state index contributed by atoms with van der Waals surface area (Å²) in [7, 11) is -3.76. The monoisotopic (exact) mass is 309 g/mol. The molecule has 2 rings (SSSR count). The third-order valence-electron chi connectivity index (χ3n) is 2.33. The van der Waals surface area contributed by atoms with Crippen LogP contribution in [0.3, 0.4) is 0 Å². The number of nitrogens with one attached hydrogen (secondary N) is 1. The molecule has 1 aromatic carbocycles. The van der Waals surface area contributed by atoms with Crippen LogP contribution >= 0.6 is 12.2 Å². The number of sulfonamides is 1. The zero-order chi connectivity index (χ0) is 14.8. The fourth-order valence-corrected chi connectivity index (χ4v) is 2.11. The summed E-state index contributed by atoms with van der Waals surface area (Å²) in [5, 5.41) is 7.92. The summed E-state index contributed by atoms with van der Waals surface area (Å²) < 4.78 is 22.5. The summed E-state index contributed by atoms with van der Waals surface area (Å²) in [6.07, 6.45) is 1.49. The number of nitrogens with two attached hydrogens (primary N) is 2. The van der Waals surface area contributed by atoms with Gasteiger partial charge in [0.05, 0.1) is 4.90 Å². The van der Waals surface area contributed by atoms with Gasteiger partial charge in [0.2, 0.25) is 16.0 Å². The van der Waals surface area contributed by atoms with Crippen LogP contribution in [0.2, 0.25) is 0 Å². The first-order chi connectivity index (χ1) is 9.36. The highest BCUT2D eigenvalue weighted by Crippen LogP contribution is 2.17. The Hall–Kier alpha value is -2.10. The van der Waals surface area contributed by atoms with Crippen molar-refractivity contribution in [2.45, 2.75) is 4.90 Å². The lowest BCUT2D eigenvalue weighted by Crippen LogP contribution is -2.13. The van der Waals surface area contributed by atoms with Crippen molar-refractivity contribution in [3.63, 3.8) is 0 Å². The van der Waals surface area contributed by atoms with Gasteiger partial charge in [-0.05, 0) is 24.3 Å². The Morgan fingerprint density at radius 1 is 1.30 bits per heavy atom. The largest absolute Gasteiger partial charge is 0.388 e. The Balaban J connectivity index is 2.31. The van der Waals surface area contributed by atoms with E-state index in [0.29, 0.717) is 11.4 Å². The normalized spacial score (nSPS) is 11.1. The third kappa shape index (κ3) is 3.47. The molecule has 0 saturated carbocycles. The molecular formula is C11H11N5O2S2. The van der Waals surface area contributed by atoms with Gasteiger partial charge in [-0.15, -0.1) is 0 Å². The van der Waals surface area contributed by atoms with Crippen LogP contribution < -0.4 is 16.2 Å². The van der Waals surface area contributed by atoms with Crippen molar-refractivity contribution in [2.75, 3.05) is 5.32 Å². The van der Waals surface area contributed by atoms with E-state index in [1.54, 1.807) is 18.2 Å². The third-order valence-corrected chi connectivity index (χ3v) is 3.45. The lowest BCUT2D eigenvalue weighted by atomic mass is 10.3. The van der Waals surface area contributed by atoms with E-state index < -0.39 is 10.0 Å². The molecule has 7 nitrogen and oxygen atoms in total. The van der Waals surface area contributed by atoms with Crippen LogP contribution in [0, 0.1) is 0 Å². The standard InChI is InChI=1S/C11H11N5O2S2/c12-10(19)9-4-5-14-11(16-9)15-7-2-1-3-8(6-7)20(13,17)18/h1-6H,(H2,12,19)(H2,13,17,18)(H,14,15,16). The van der Waals surface area contributed by atoms with E-state index in [2.05, 4.69) is 15.3 Å². The number of primary sulfonamides is 1. The highest BCUT2D eigenvalue weighted by Gasteiger charge is 2.08. The van der Waals surface area contributed by atoms with Crippen LogP contribution in [-0.2, 0) is 10.0 Å². The first-order valence-electron chi connectivity index (χ1n) is 5.39. The quantitative estimate of drug-likeness (QED) is 0.702. The molecule has 0 atom stereocenters. The predicted molar refractivity (Wildman–Crippen MR) is 79.0 cm³/mol. The number of nitrogens with zero attached hydrogens (tertiary/aromatic N) is 2. The SMILES string of the molecule is NC(=S)c1ccnc(Nc2cccc(S(N)(=O)=O)c2)n1. The highest BCUT2D eigenvalue weighted by molar-refractivity contribution is 7.89. The molecule has 0 bridgehead atoms. The molecule has 0 unspecified atom stereocenters. The molecule has 0 fully saturated rings. The number of aromatic nitrogens is 2. The summed E-state index contributed by atoms with van der Waals surface area (Å²) in [5.74, 6) is 0.252. The summed E-state index contributed by atoms with van der Waals surface area (Å²) in [6, 6.07) is 7.57. The van der Waals surface area contributed by atoms with Crippen LogP contribution in [0.5, 0.6) is 0 Å². The van der Waals surface area contributed by atoms with Crippen molar-refractivity contribution in [2.24, 2.45) is 10.9 Å². The maximum absolute atomic E-state index is 11.3. The van der Waals surface area contributed by atoms with Crippen molar-refractivity contribution in [3.05, 3.63) is 42.2 Å². The Morgan fingerprint density at radius 3 is 2.70 bits per heavy atom. The molecule has 104 valence electrons. The predicted octanol–water partition coefficient (Wildman–Crippen LogP) is 0.502. The summed E-state index contributed by atoms with van der Waals surface area (Å²) >= 11 is 4.82. The molecule has 2 aromatic rings. The van der Waals surface area contributed by atoms with E-state index in [1.807, 2.05) is 0 Å². The maximum atomic E-state index is 11.3. The van der Waals surface area contributed by atoms with E-state index in [9.17, 15) is 8.42 Å². The number of hydrogen-bond acceptors (Lipinski definition) is 6. The highest BCUT2D eigenvalue weighted by atomic mass is 32.2. The molecule has 0 aliphatic heterocycles. The van der Waals surface area contributed by atoms with E-state index in [1.165, 1.54) is 18.3 Å². The Bertz CT molecular complexity index is 761. The number of thiocarbonyl (C=S) groups is 1. The van der Waals surface area contributed by atoms with Gasteiger partial charge in [-0.25, -0.2) is 23.5 Å². The molecule has 5 N–H and O–H groups in total. The summed E-state index contributed by atoms with van der Waals surface area (Å²) in [4.78, 5) is 8.22. The average molecular weight is 309 g/mol. The van der Waals surface area contributed by atoms with Crippen LogP contribution in [0.1, 0.15) is 5.69 Å². The van der Waals surface area contributed by atoms with Crippen LogP contribution in [0.25, 0.3) is 0 Å². The van der Waals surface area contributed by atoms with Gasteiger partial charge in [-0.3, -0.25) is 0 Å². The Labute approximate surface area is 121 Å². The molecule has 0 spiro atoms. The first-order valence-corrected chi connectivity index (χ1v) is 7.34. The zero-order valence-corrected chi connectivity index (χ0v) is 11.8. The second kappa shape index (κ2) is 5.49. The van der Waals surface area contributed by atoms with Crippen molar-refractivity contribution < 1.29 is 8.42 Å². The molecule has 0 saturated heterocycles. The minimum Gasteiger partial charge on any atom is -0.388 e. The molecule has 9 heteroatoms. The van der Waals surface area contributed by atoms with E-state index >= 15 is 0 Å². The minimum absolute atomic E-state index is 0.00648. The smallest absolute Gasteiger partial charge is 0.238 e. The molecule has 1 heterocycles. The van der Waals surface area contributed by atoms with E-state index in [0.717, 1.165) is 0 Å². The Morgan fingerprint density at radius 2 is 2.05 bits per heavy atom. The van der Waals surface area contributed by atoms with Crippen LogP contribution in [0.15, 0.2) is 41.4 Å². The molecule has 0 amide bonds. The molecule has 20 heavy (non-hydrogen) atoms. The summed E-state index contributed by atoms with van der Waals surface area (Å²) in [5.41, 5.74) is 6.37. The van der Waals surface area contributed by atoms with Gasteiger partial charge < -0.3 is 11.1 Å². The molecular weight excluding hydrogens is 298 g/mol. The summed E-state index contributed by atoms with van der Waals surface area (Å²) in [6.45, 7) is 0. The fourth-order valence-electron chi connectivity index (χ4n) is 1.44. The van der Waals surface area contributed by atoms with Crippen molar-refractivity contribution in [1.29, 1.82) is 0 Å². The van der Waals surface area contributed by atoms with Gasteiger partial charge in [-0.2, -0.15) is 0 Å². The number of anilines is 2. The molecule has 0 aliphatic rings. The lowest BCUT2D eigenvalue weighted by molar-refractivity contribution is 0.598. The molecule has 0 radical (unpaired) electrons. The van der Waals surface area contributed by atoms with Gasteiger partial charge in [-0.1, -0.05) is 18.3 Å². The van der Waals surface area contributed by atoms with Crippen LogP contribution in [-0.4, -0.2) is 23.4 Å². The minimum atomic E-state index is -3.76. The maximum Gasteiger partial charge on any atom is 0.238 e. The van der Waals surface area contributed by atoms with Crippen molar-refractivity contribution >= 4 is 38.9 Å². The number of hydrogen-bond donors (Lipinski definition) is 3. The van der Waals surface area contributed by atoms with Crippen LogP contribution in [0.4, 0.5) is 11.6 Å². The molecule has 1 aromatic heterocycles. The van der Waals surface area contributed by atoms with Gasteiger partial charge in [0, 0.05) is 11.9 Å². The van der Waals surface area contributed by atoms with E-state index in [-0.39, 0.29) is 15.8 Å². The topological polar surface area (TPSA) is 124 Å². The molecule has 0 aliphatic carbocycles. The zero-order valence-electron chi connectivity index (χ0n) is 10.1. The second-order valence-electron chi connectivity index (χ2n) is 3.83. The number of benzene rings is 1.